The Morgan fingerprint density at radius 3 is 2.57 bits per heavy atom. The Bertz CT molecular complexity index is 1250. The van der Waals surface area contributed by atoms with Gasteiger partial charge in [0.2, 0.25) is 0 Å². The molecule has 0 aliphatic carbocycles. The van der Waals surface area contributed by atoms with E-state index in [1.54, 1.807) is 19.3 Å². The first-order chi connectivity index (χ1) is 14.4. The van der Waals surface area contributed by atoms with Crippen LogP contribution in [0, 0.1) is 6.92 Å². The van der Waals surface area contributed by atoms with E-state index in [1.165, 1.54) is 21.1 Å². The lowest BCUT2D eigenvalue weighted by atomic mass is 10.2. The van der Waals surface area contributed by atoms with Crippen molar-refractivity contribution >= 4 is 51.7 Å². The molecule has 0 spiro atoms. The summed E-state index contributed by atoms with van der Waals surface area (Å²) < 4.78 is 1.99. The number of aromatic nitrogens is 2. The second kappa shape index (κ2) is 8.04. The Hall–Kier alpha value is -2.97. The van der Waals surface area contributed by atoms with Gasteiger partial charge < -0.3 is 4.90 Å². The Kier molecular flexibility index (Phi) is 5.44. The van der Waals surface area contributed by atoms with Crippen molar-refractivity contribution < 1.29 is 4.79 Å². The van der Waals surface area contributed by atoms with Crippen LogP contribution in [0.5, 0.6) is 0 Å². The third-order valence-corrected chi connectivity index (χ3v) is 6.44. The van der Waals surface area contributed by atoms with E-state index in [4.69, 9.17) is 17.2 Å². The van der Waals surface area contributed by atoms with Gasteiger partial charge in [-0.05, 0) is 30.2 Å². The first kappa shape index (κ1) is 20.3. The van der Waals surface area contributed by atoms with Gasteiger partial charge in [0.25, 0.3) is 11.5 Å². The second-order valence-electron chi connectivity index (χ2n) is 7.12. The van der Waals surface area contributed by atoms with Crippen LogP contribution >= 0.6 is 24.0 Å². The summed E-state index contributed by atoms with van der Waals surface area (Å²) in [5, 5.41) is 0. The minimum atomic E-state index is -0.222. The monoisotopic (exact) mass is 436 g/mol. The van der Waals surface area contributed by atoms with Gasteiger partial charge in [-0.2, -0.15) is 0 Å². The summed E-state index contributed by atoms with van der Waals surface area (Å²) in [6.45, 7) is 2.50. The molecule has 0 saturated carbocycles. The third-order valence-electron chi connectivity index (χ3n) is 4.95. The minimum Gasteiger partial charge on any atom is -0.355 e. The second-order valence-corrected chi connectivity index (χ2v) is 8.80. The number of pyridine rings is 1. The van der Waals surface area contributed by atoms with E-state index in [0.29, 0.717) is 32.8 Å². The Morgan fingerprint density at radius 2 is 1.90 bits per heavy atom. The van der Waals surface area contributed by atoms with Gasteiger partial charge in [-0.3, -0.25) is 18.9 Å². The molecule has 3 heterocycles. The number of hydrogen-bond donors (Lipinski definition) is 0. The van der Waals surface area contributed by atoms with Gasteiger partial charge in [-0.1, -0.05) is 60.4 Å². The van der Waals surface area contributed by atoms with Crippen LogP contribution in [-0.4, -0.2) is 38.6 Å². The molecule has 0 unspecified atom stereocenters. The van der Waals surface area contributed by atoms with Crippen molar-refractivity contribution in [3.8, 4) is 0 Å². The van der Waals surface area contributed by atoms with Crippen molar-refractivity contribution in [1.29, 1.82) is 0 Å². The van der Waals surface area contributed by atoms with E-state index in [9.17, 15) is 9.59 Å². The Balaban J connectivity index is 1.90. The van der Waals surface area contributed by atoms with Crippen LogP contribution in [0.25, 0.3) is 11.7 Å². The van der Waals surface area contributed by atoms with E-state index >= 15 is 0 Å². The number of carbonyl (C=O) groups is 1. The normalized spacial score (nSPS) is 15.4. The number of amides is 1. The van der Waals surface area contributed by atoms with E-state index in [-0.39, 0.29) is 11.5 Å². The SMILES string of the molecule is Cc1cccn2c(=O)c(/C=C3\SC(=S)N(C)C3=O)c(N(C)Cc3ccccc3)nc12. The molecule has 2 aromatic heterocycles. The van der Waals surface area contributed by atoms with Crippen molar-refractivity contribution in [3.63, 3.8) is 0 Å². The van der Waals surface area contributed by atoms with Crippen molar-refractivity contribution in [1.82, 2.24) is 14.3 Å². The number of rotatable bonds is 4. The van der Waals surface area contributed by atoms with Crippen LogP contribution in [0.2, 0.25) is 0 Å². The zero-order valence-electron chi connectivity index (χ0n) is 16.8. The average Bonchev–Trinajstić information content (AvgIpc) is 2.97. The average molecular weight is 437 g/mol. The lowest BCUT2D eigenvalue weighted by molar-refractivity contribution is -0.121. The fourth-order valence-corrected chi connectivity index (χ4v) is 4.49. The van der Waals surface area contributed by atoms with Crippen molar-refractivity contribution in [3.05, 3.63) is 80.6 Å². The molecule has 1 amide bonds. The molecule has 152 valence electrons. The number of hydrogen-bond acceptors (Lipinski definition) is 6. The lowest BCUT2D eigenvalue weighted by Gasteiger charge is -2.21. The molecule has 0 radical (unpaired) electrons. The van der Waals surface area contributed by atoms with Gasteiger partial charge in [0.15, 0.2) is 0 Å². The molecule has 0 atom stereocenters. The predicted molar refractivity (Wildman–Crippen MR) is 126 cm³/mol. The van der Waals surface area contributed by atoms with Gasteiger partial charge in [-0.15, -0.1) is 0 Å². The van der Waals surface area contributed by atoms with Gasteiger partial charge in [-0.25, -0.2) is 4.98 Å². The minimum absolute atomic E-state index is 0.213. The van der Waals surface area contributed by atoms with Crippen molar-refractivity contribution in [2.45, 2.75) is 13.5 Å². The van der Waals surface area contributed by atoms with Crippen molar-refractivity contribution in [2.24, 2.45) is 0 Å². The fraction of sp³-hybridized carbons (Fsp3) is 0.182. The molecule has 1 fully saturated rings. The van der Waals surface area contributed by atoms with Crippen LogP contribution in [0.1, 0.15) is 16.7 Å². The number of fused-ring (bicyclic) bond motifs is 1. The quantitative estimate of drug-likeness (QED) is 0.461. The van der Waals surface area contributed by atoms with E-state index in [1.807, 2.05) is 61.3 Å². The van der Waals surface area contributed by atoms with Gasteiger partial charge >= 0.3 is 0 Å². The molecule has 0 bridgehead atoms. The molecule has 3 aromatic rings. The van der Waals surface area contributed by atoms with Crippen LogP contribution in [-0.2, 0) is 11.3 Å². The Morgan fingerprint density at radius 1 is 1.17 bits per heavy atom. The highest BCUT2D eigenvalue weighted by molar-refractivity contribution is 8.26. The summed E-state index contributed by atoms with van der Waals surface area (Å²) in [5.41, 5.74) is 2.73. The third kappa shape index (κ3) is 3.64. The number of anilines is 1. The van der Waals surface area contributed by atoms with E-state index in [2.05, 4.69) is 0 Å². The molecule has 1 aromatic carbocycles. The summed E-state index contributed by atoms with van der Waals surface area (Å²) in [5.74, 6) is 0.315. The number of aryl methyl sites for hydroxylation is 1. The highest BCUT2D eigenvalue weighted by atomic mass is 32.2. The molecule has 8 heteroatoms. The maximum atomic E-state index is 13.4. The van der Waals surface area contributed by atoms with Crippen molar-refractivity contribution in [2.75, 3.05) is 19.0 Å². The molecule has 1 aliphatic rings. The number of carbonyl (C=O) groups excluding carboxylic acids is 1. The summed E-state index contributed by atoms with van der Waals surface area (Å²) in [7, 11) is 3.53. The fourth-order valence-electron chi connectivity index (χ4n) is 3.33. The molecular weight excluding hydrogens is 416 g/mol. The van der Waals surface area contributed by atoms with Gasteiger partial charge in [0.05, 0.1) is 10.5 Å². The van der Waals surface area contributed by atoms with Crippen LogP contribution in [0.15, 0.2) is 58.4 Å². The zero-order valence-corrected chi connectivity index (χ0v) is 18.5. The first-order valence-corrected chi connectivity index (χ1v) is 10.6. The first-order valence-electron chi connectivity index (χ1n) is 9.35. The number of nitrogens with zero attached hydrogens (tertiary/aromatic N) is 4. The maximum Gasteiger partial charge on any atom is 0.267 e. The van der Waals surface area contributed by atoms with Crippen LogP contribution < -0.4 is 10.5 Å². The molecule has 4 rings (SSSR count). The Labute approximate surface area is 183 Å². The largest absolute Gasteiger partial charge is 0.355 e. The van der Waals surface area contributed by atoms with Gasteiger partial charge in [0, 0.05) is 26.8 Å². The van der Waals surface area contributed by atoms with Crippen LogP contribution in [0.4, 0.5) is 5.82 Å². The molecule has 30 heavy (non-hydrogen) atoms. The van der Waals surface area contributed by atoms with E-state index < -0.39 is 0 Å². The topological polar surface area (TPSA) is 57.9 Å². The summed E-state index contributed by atoms with van der Waals surface area (Å²) >= 11 is 6.42. The molecule has 1 aliphatic heterocycles. The number of benzene rings is 1. The van der Waals surface area contributed by atoms with E-state index in [0.717, 1.165) is 11.1 Å². The van der Waals surface area contributed by atoms with Gasteiger partial charge in [0.1, 0.15) is 15.8 Å². The predicted octanol–water partition coefficient (Wildman–Crippen LogP) is 3.47. The maximum absolute atomic E-state index is 13.4. The molecular formula is C22H20N4O2S2. The highest BCUT2D eigenvalue weighted by Gasteiger charge is 2.30. The highest BCUT2D eigenvalue weighted by Crippen LogP contribution is 2.32. The number of likely N-dealkylation sites (N-methyl/N-ethyl adjacent to an activating group) is 1. The summed E-state index contributed by atoms with van der Waals surface area (Å²) in [6.07, 6.45) is 3.31. The molecule has 6 nitrogen and oxygen atoms in total. The smallest absolute Gasteiger partial charge is 0.267 e. The standard InChI is InChI=1S/C22H20N4O2S2/c1-14-8-7-11-26-18(14)23-19(24(2)13-15-9-5-4-6-10-15)16(20(26)27)12-17-21(28)25(3)22(29)30-17/h4-12H,13H2,1-3H3/b17-12-. The summed E-state index contributed by atoms with van der Waals surface area (Å²) in [6, 6.07) is 13.7. The lowest BCUT2D eigenvalue weighted by Crippen LogP contribution is -2.27. The van der Waals surface area contributed by atoms with Crippen LogP contribution in [0.3, 0.4) is 0 Å². The molecule has 0 N–H and O–H groups in total. The number of thioether (sulfide) groups is 1. The zero-order chi connectivity index (χ0) is 21.4. The molecule has 1 saturated heterocycles. The number of thiocarbonyl (C=S) groups is 1. The summed E-state index contributed by atoms with van der Waals surface area (Å²) in [4.78, 5) is 34.5.